The summed E-state index contributed by atoms with van der Waals surface area (Å²) in [6.45, 7) is 1.39. The third kappa shape index (κ3) is 5.42. The van der Waals surface area contributed by atoms with Crippen LogP contribution in [0.3, 0.4) is 0 Å². The quantitative estimate of drug-likeness (QED) is 0.878. The Kier molecular flexibility index (Phi) is 6.11. The standard InChI is InChI=1S/C16H21NO3S/c18-15(12-21-11-14-4-2-1-3-5-14)17-8-6-13(7-9-17)10-16(19)20/h1-5,13H,6-12H2,(H,19,20). The number of hydrogen-bond donors (Lipinski definition) is 1. The van der Waals surface area contributed by atoms with Crippen molar-refractivity contribution in [2.75, 3.05) is 18.8 Å². The van der Waals surface area contributed by atoms with Crippen molar-refractivity contribution in [1.29, 1.82) is 0 Å². The van der Waals surface area contributed by atoms with Crippen LogP contribution < -0.4 is 0 Å². The van der Waals surface area contributed by atoms with Crippen LogP contribution in [0, 0.1) is 5.92 Å². The van der Waals surface area contributed by atoms with Crippen molar-refractivity contribution in [3.8, 4) is 0 Å². The molecule has 1 amide bonds. The van der Waals surface area contributed by atoms with E-state index in [2.05, 4.69) is 12.1 Å². The molecule has 0 radical (unpaired) electrons. The fourth-order valence-corrected chi connectivity index (χ4v) is 3.44. The molecule has 0 bridgehead atoms. The van der Waals surface area contributed by atoms with Gasteiger partial charge in [-0.05, 0) is 24.3 Å². The molecule has 0 aromatic heterocycles. The summed E-state index contributed by atoms with van der Waals surface area (Å²) in [6, 6.07) is 10.1. The van der Waals surface area contributed by atoms with E-state index in [4.69, 9.17) is 5.11 Å². The lowest BCUT2D eigenvalue weighted by molar-refractivity contribution is -0.138. The van der Waals surface area contributed by atoms with Gasteiger partial charge >= 0.3 is 5.97 Å². The van der Waals surface area contributed by atoms with Gasteiger partial charge < -0.3 is 10.0 Å². The van der Waals surface area contributed by atoms with Gasteiger partial charge in [0.1, 0.15) is 0 Å². The van der Waals surface area contributed by atoms with Gasteiger partial charge in [-0.1, -0.05) is 30.3 Å². The molecule has 4 nitrogen and oxygen atoms in total. The lowest BCUT2D eigenvalue weighted by atomic mass is 9.94. The zero-order valence-corrected chi connectivity index (χ0v) is 12.8. The Morgan fingerprint density at radius 3 is 2.48 bits per heavy atom. The molecule has 1 N–H and O–H groups in total. The van der Waals surface area contributed by atoms with Crippen molar-refractivity contribution in [2.24, 2.45) is 5.92 Å². The predicted molar refractivity (Wildman–Crippen MR) is 84.2 cm³/mol. The molecule has 5 heteroatoms. The SMILES string of the molecule is O=C(O)CC1CCN(C(=O)CSCc2ccccc2)CC1. The Labute approximate surface area is 129 Å². The first-order chi connectivity index (χ1) is 10.1. The molecule has 1 aromatic carbocycles. The van der Waals surface area contributed by atoms with Gasteiger partial charge in [-0.25, -0.2) is 0 Å². The van der Waals surface area contributed by atoms with Crippen LogP contribution >= 0.6 is 11.8 Å². The summed E-state index contributed by atoms with van der Waals surface area (Å²) in [5.74, 6) is 1.01. The van der Waals surface area contributed by atoms with Crippen LogP contribution in [0.15, 0.2) is 30.3 Å². The van der Waals surface area contributed by atoms with Crippen LogP contribution in [0.2, 0.25) is 0 Å². The number of thioether (sulfide) groups is 1. The van der Waals surface area contributed by atoms with E-state index in [1.165, 1.54) is 5.56 Å². The molecule has 0 saturated carbocycles. The van der Waals surface area contributed by atoms with Crippen molar-refractivity contribution in [3.05, 3.63) is 35.9 Å². The zero-order valence-electron chi connectivity index (χ0n) is 12.0. The van der Waals surface area contributed by atoms with Crippen LogP contribution in [-0.4, -0.2) is 40.7 Å². The van der Waals surface area contributed by atoms with Crippen LogP contribution in [0.1, 0.15) is 24.8 Å². The fourth-order valence-electron chi connectivity index (χ4n) is 2.56. The summed E-state index contributed by atoms with van der Waals surface area (Å²) >= 11 is 1.63. The number of carboxylic acids is 1. The monoisotopic (exact) mass is 307 g/mol. The van der Waals surface area contributed by atoms with Gasteiger partial charge in [-0.3, -0.25) is 9.59 Å². The lowest BCUT2D eigenvalue weighted by Gasteiger charge is -2.31. The number of carbonyl (C=O) groups excluding carboxylic acids is 1. The number of rotatable bonds is 6. The summed E-state index contributed by atoms with van der Waals surface area (Å²) in [5.41, 5.74) is 1.23. The highest BCUT2D eigenvalue weighted by Gasteiger charge is 2.23. The maximum Gasteiger partial charge on any atom is 0.303 e. The Bertz CT molecular complexity index is 470. The van der Waals surface area contributed by atoms with Crippen LogP contribution in [0.5, 0.6) is 0 Å². The highest BCUT2D eigenvalue weighted by atomic mass is 32.2. The van der Waals surface area contributed by atoms with Gasteiger partial charge in [0.2, 0.25) is 5.91 Å². The van der Waals surface area contributed by atoms with E-state index >= 15 is 0 Å². The average Bonchev–Trinajstić information content (AvgIpc) is 2.48. The van der Waals surface area contributed by atoms with Gasteiger partial charge in [0.25, 0.3) is 0 Å². The normalized spacial score (nSPS) is 15.9. The summed E-state index contributed by atoms with van der Waals surface area (Å²) in [6.07, 6.45) is 1.84. The Balaban J connectivity index is 1.67. The van der Waals surface area contributed by atoms with Crippen molar-refractivity contribution >= 4 is 23.6 Å². The molecule has 1 aromatic rings. The highest BCUT2D eigenvalue weighted by molar-refractivity contribution is 7.99. The Hall–Kier alpha value is -1.49. The van der Waals surface area contributed by atoms with Gasteiger partial charge in [-0.15, -0.1) is 11.8 Å². The van der Waals surface area contributed by atoms with E-state index < -0.39 is 5.97 Å². The Morgan fingerprint density at radius 1 is 1.19 bits per heavy atom. The molecule has 1 heterocycles. The van der Waals surface area contributed by atoms with Crippen molar-refractivity contribution in [1.82, 2.24) is 4.90 Å². The van der Waals surface area contributed by atoms with Crippen LogP contribution in [-0.2, 0) is 15.3 Å². The molecular formula is C16H21NO3S. The highest BCUT2D eigenvalue weighted by Crippen LogP contribution is 2.21. The van der Waals surface area contributed by atoms with Crippen molar-refractivity contribution in [2.45, 2.75) is 25.0 Å². The summed E-state index contributed by atoms with van der Waals surface area (Å²) in [5, 5.41) is 8.78. The first-order valence-corrected chi connectivity index (χ1v) is 8.42. The third-order valence-corrected chi connectivity index (χ3v) is 4.76. The van der Waals surface area contributed by atoms with Crippen molar-refractivity contribution in [3.63, 3.8) is 0 Å². The fraction of sp³-hybridized carbons (Fsp3) is 0.500. The Morgan fingerprint density at radius 2 is 1.86 bits per heavy atom. The summed E-state index contributed by atoms with van der Waals surface area (Å²) in [4.78, 5) is 24.7. The molecular weight excluding hydrogens is 286 g/mol. The molecule has 114 valence electrons. The minimum atomic E-state index is -0.738. The summed E-state index contributed by atoms with van der Waals surface area (Å²) < 4.78 is 0. The van der Waals surface area contributed by atoms with Crippen LogP contribution in [0.25, 0.3) is 0 Å². The van der Waals surface area contributed by atoms with E-state index in [1.54, 1.807) is 11.8 Å². The maximum atomic E-state index is 12.1. The van der Waals surface area contributed by atoms with E-state index in [0.29, 0.717) is 18.8 Å². The van der Waals surface area contributed by atoms with Gasteiger partial charge in [0.15, 0.2) is 0 Å². The number of amides is 1. The molecule has 21 heavy (non-hydrogen) atoms. The molecule has 1 aliphatic heterocycles. The number of nitrogens with zero attached hydrogens (tertiary/aromatic N) is 1. The molecule has 1 saturated heterocycles. The topological polar surface area (TPSA) is 57.6 Å². The number of hydrogen-bond acceptors (Lipinski definition) is 3. The molecule has 0 spiro atoms. The number of carbonyl (C=O) groups is 2. The van der Waals surface area contributed by atoms with Crippen LogP contribution in [0.4, 0.5) is 0 Å². The van der Waals surface area contributed by atoms with Gasteiger partial charge in [0.05, 0.1) is 5.75 Å². The third-order valence-electron chi connectivity index (χ3n) is 3.77. The number of carboxylic acid groups (broad SMARTS) is 1. The molecule has 0 atom stereocenters. The first-order valence-electron chi connectivity index (χ1n) is 7.26. The largest absolute Gasteiger partial charge is 0.481 e. The second kappa shape index (κ2) is 8.08. The molecule has 1 aliphatic rings. The molecule has 1 fully saturated rings. The summed E-state index contributed by atoms with van der Waals surface area (Å²) in [7, 11) is 0. The van der Waals surface area contributed by atoms with E-state index in [0.717, 1.165) is 18.6 Å². The number of aliphatic carboxylic acids is 1. The first kappa shape index (κ1) is 15.9. The average molecular weight is 307 g/mol. The zero-order chi connectivity index (χ0) is 15.1. The lowest BCUT2D eigenvalue weighted by Crippen LogP contribution is -2.39. The predicted octanol–water partition coefficient (Wildman–Crippen LogP) is 2.63. The number of likely N-dealkylation sites (tertiary alicyclic amines) is 1. The van der Waals surface area contributed by atoms with E-state index in [9.17, 15) is 9.59 Å². The van der Waals surface area contributed by atoms with E-state index in [1.807, 2.05) is 23.1 Å². The molecule has 0 unspecified atom stereocenters. The molecule has 2 rings (SSSR count). The van der Waals surface area contributed by atoms with E-state index in [-0.39, 0.29) is 18.2 Å². The molecule has 0 aliphatic carbocycles. The maximum absolute atomic E-state index is 12.1. The minimum Gasteiger partial charge on any atom is -0.481 e. The smallest absolute Gasteiger partial charge is 0.303 e. The number of piperidine rings is 1. The second-order valence-corrected chi connectivity index (χ2v) is 6.39. The number of benzene rings is 1. The second-order valence-electron chi connectivity index (χ2n) is 5.40. The van der Waals surface area contributed by atoms with Gasteiger partial charge in [-0.2, -0.15) is 0 Å². The van der Waals surface area contributed by atoms with Gasteiger partial charge in [0, 0.05) is 25.3 Å². The minimum absolute atomic E-state index is 0.171. The van der Waals surface area contributed by atoms with Crippen molar-refractivity contribution < 1.29 is 14.7 Å².